The van der Waals surface area contributed by atoms with Crippen LogP contribution in [0, 0.1) is 0 Å². The number of carbonyl (C=O) groups is 4. The summed E-state index contributed by atoms with van der Waals surface area (Å²) in [5, 5.41) is 2.83. The summed E-state index contributed by atoms with van der Waals surface area (Å²) in [6.07, 6.45) is -0.395. The van der Waals surface area contributed by atoms with Gasteiger partial charge in [-0.05, 0) is 12.1 Å². The Morgan fingerprint density at radius 2 is 1.67 bits per heavy atom. The van der Waals surface area contributed by atoms with Crippen LogP contribution in [0.3, 0.4) is 0 Å². The van der Waals surface area contributed by atoms with Crippen molar-refractivity contribution in [1.82, 2.24) is 0 Å². The van der Waals surface area contributed by atoms with E-state index in [4.69, 9.17) is 25.8 Å². The average molecular weight is 456 g/mol. The molecule has 2 aromatic rings. The topological polar surface area (TPSA) is 117 Å². The Morgan fingerprint density at radius 3 is 2.27 bits per heavy atom. The standard InChI is InChI=1S/C19H18ClNO8S/c1-26-14(23)8-10-15(18(24)27-2)17(30-16(10)19(25)28-3)21-13(22)9-29-12-7-5-4-6-11(12)20/h4-7H,8-9H2,1-3H3,(H,21,22). The van der Waals surface area contributed by atoms with E-state index in [2.05, 4.69) is 10.1 Å². The molecule has 2 rings (SSSR count). The Morgan fingerprint density at radius 1 is 1.00 bits per heavy atom. The summed E-state index contributed by atoms with van der Waals surface area (Å²) in [6.45, 7) is -0.415. The molecule has 160 valence electrons. The number of nitrogens with one attached hydrogen (secondary N) is 1. The highest BCUT2D eigenvalue weighted by Gasteiger charge is 2.30. The Labute approximate surface area is 180 Å². The van der Waals surface area contributed by atoms with E-state index in [9.17, 15) is 19.2 Å². The van der Waals surface area contributed by atoms with Gasteiger partial charge in [0.15, 0.2) is 6.61 Å². The van der Waals surface area contributed by atoms with Crippen LogP contribution in [0.4, 0.5) is 5.00 Å². The van der Waals surface area contributed by atoms with E-state index in [0.29, 0.717) is 10.8 Å². The summed E-state index contributed by atoms with van der Waals surface area (Å²) in [5.74, 6) is -2.64. The molecule has 0 saturated heterocycles. The molecule has 0 bridgehead atoms. The average Bonchev–Trinajstić information content (AvgIpc) is 3.09. The number of hydrogen-bond acceptors (Lipinski definition) is 9. The molecule has 11 heteroatoms. The third kappa shape index (κ3) is 5.49. The van der Waals surface area contributed by atoms with Crippen molar-refractivity contribution in [3.63, 3.8) is 0 Å². The van der Waals surface area contributed by atoms with Gasteiger partial charge in [-0.1, -0.05) is 23.7 Å². The molecule has 0 aliphatic heterocycles. The number of carbonyl (C=O) groups excluding carboxylic acids is 4. The van der Waals surface area contributed by atoms with Gasteiger partial charge in [-0.2, -0.15) is 0 Å². The zero-order chi connectivity index (χ0) is 22.3. The molecule has 0 spiro atoms. The third-order valence-corrected chi connectivity index (χ3v) is 5.20. The molecule has 0 radical (unpaired) electrons. The van der Waals surface area contributed by atoms with Crippen LogP contribution >= 0.6 is 22.9 Å². The number of thiophene rings is 1. The van der Waals surface area contributed by atoms with Crippen LogP contribution < -0.4 is 10.1 Å². The normalized spacial score (nSPS) is 10.1. The van der Waals surface area contributed by atoms with Crippen molar-refractivity contribution in [2.24, 2.45) is 0 Å². The molecule has 1 aromatic heterocycles. The zero-order valence-electron chi connectivity index (χ0n) is 16.3. The molecule has 0 aliphatic rings. The molecule has 1 heterocycles. The summed E-state index contributed by atoms with van der Waals surface area (Å²) in [6, 6.07) is 6.59. The maximum absolute atomic E-state index is 12.4. The largest absolute Gasteiger partial charge is 0.482 e. The van der Waals surface area contributed by atoms with Gasteiger partial charge in [0.2, 0.25) is 0 Å². The smallest absolute Gasteiger partial charge is 0.348 e. The van der Waals surface area contributed by atoms with Gasteiger partial charge in [0.05, 0.1) is 38.3 Å². The minimum atomic E-state index is -0.845. The van der Waals surface area contributed by atoms with Crippen molar-refractivity contribution in [3.05, 3.63) is 45.3 Å². The number of rotatable bonds is 8. The number of para-hydroxylation sites is 1. The summed E-state index contributed by atoms with van der Waals surface area (Å²) in [4.78, 5) is 48.6. The van der Waals surface area contributed by atoms with E-state index in [1.807, 2.05) is 0 Å². The summed E-state index contributed by atoms with van der Waals surface area (Å²) in [5.41, 5.74) is -0.104. The number of benzene rings is 1. The molecule has 1 N–H and O–H groups in total. The minimum absolute atomic E-state index is 0.00825. The van der Waals surface area contributed by atoms with Crippen molar-refractivity contribution >= 4 is 51.8 Å². The molecule has 0 fully saturated rings. The van der Waals surface area contributed by atoms with Gasteiger partial charge >= 0.3 is 17.9 Å². The second-order valence-electron chi connectivity index (χ2n) is 5.62. The van der Waals surface area contributed by atoms with E-state index in [1.165, 1.54) is 7.11 Å². The van der Waals surface area contributed by atoms with E-state index >= 15 is 0 Å². The van der Waals surface area contributed by atoms with Crippen molar-refractivity contribution < 1.29 is 38.1 Å². The quantitative estimate of drug-likeness (QED) is 0.477. The van der Waals surface area contributed by atoms with E-state index < -0.39 is 36.8 Å². The summed E-state index contributed by atoms with van der Waals surface area (Å²) < 4.78 is 19.4. The maximum atomic E-state index is 12.4. The van der Waals surface area contributed by atoms with Gasteiger partial charge in [-0.15, -0.1) is 11.3 Å². The first-order valence-electron chi connectivity index (χ1n) is 8.38. The van der Waals surface area contributed by atoms with E-state index in [-0.39, 0.29) is 21.0 Å². The molecule has 1 aromatic carbocycles. The lowest BCUT2D eigenvalue weighted by Crippen LogP contribution is -2.21. The van der Waals surface area contributed by atoms with Gasteiger partial charge in [-0.3, -0.25) is 9.59 Å². The fourth-order valence-electron chi connectivity index (χ4n) is 2.38. The van der Waals surface area contributed by atoms with Crippen LogP contribution in [-0.2, 0) is 30.2 Å². The van der Waals surface area contributed by atoms with Crippen molar-refractivity contribution in [3.8, 4) is 5.75 Å². The number of anilines is 1. The van der Waals surface area contributed by atoms with Gasteiger partial charge in [-0.25, -0.2) is 9.59 Å². The van der Waals surface area contributed by atoms with Gasteiger partial charge in [0.25, 0.3) is 5.91 Å². The van der Waals surface area contributed by atoms with Crippen LogP contribution in [0.5, 0.6) is 5.75 Å². The van der Waals surface area contributed by atoms with Gasteiger partial charge in [0.1, 0.15) is 15.6 Å². The highest BCUT2D eigenvalue weighted by atomic mass is 35.5. The monoisotopic (exact) mass is 455 g/mol. The predicted octanol–water partition coefficient (Wildman–Crippen LogP) is 2.71. The highest BCUT2D eigenvalue weighted by molar-refractivity contribution is 7.18. The number of esters is 3. The third-order valence-electron chi connectivity index (χ3n) is 3.76. The van der Waals surface area contributed by atoms with Crippen molar-refractivity contribution in [2.45, 2.75) is 6.42 Å². The number of methoxy groups -OCH3 is 3. The molecular formula is C19H18ClNO8S. The highest BCUT2D eigenvalue weighted by Crippen LogP contribution is 2.35. The lowest BCUT2D eigenvalue weighted by atomic mass is 10.1. The number of halogens is 1. The molecule has 1 amide bonds. The number of ether oxygens (including phenoxy) is 4. The van der Waals surface area contributed by atoms with Crippen molar-refractivity contribution in [2.75, 3.05) is 33.3 Å². The Hall–Kier alpha value is -3.11. The summed E-state index contributed by atoms with van der Waals surface area (Å²) >= 11 is 6.75. The van der Waals surface area contributed by atoms with Gasteiger partial charge < -0.3 is 24.3 Å². The molecular weight excluding hydrogens is 438 g/mol. The van der Waals surface area contributed by atoms with Crippen LogP contribution in [0.1, 0.15) is 25.6 Å². The molecule has 0 saturated carbocycles. The molecule has 0 atom stereocenters. The number of amides is 1. The molecule has 0 unspecified atom stereocenters. The first-order chi connectivity index (χ1) is 14.3. The lowest BCUT2D eigenvalue weighted by molar-refractivity contribution is -0.139. The Kier molecular flexibility index (Phi) is 8.19. The fraction of sp³-hybridized carbons (Fsp3) is 0.263. The molecule has 9 nitrogen and oxygen atoms in total. The van der Waals surface area contributed by atoms with E-state index in [1.54, 1.807) is 24.3 Å². The first-order valence-corrected chi connectivity index (χ1v) is 9.58. The van der Waals surface area contributed by atoms with Crippen molar-refractivity contribution in [1.29, 1.82) is 0 Å². The Balaban J connectivity index is 2.34. The summed E-state index contributed by atoms with van der Waals surface area (Å²) in [7, 11) is 3.45. The molecule has 30 heavy (non-hydrogen) atoms. The first kappa shape index (κ1) is 23.2. The predicted molar refractivity (Wildman–Crippen MR) is 108 cm³/mol. The SMILES string of the molecule is COC(=O)Cc1c(C(=O)OC)sc(NC(=O)COc2ccccc2Cl)c1C(=O)OC. The van der Waals surface area contributed by atoms with E-state index in [0.717, 1.165) is 25.6 Å². The van der Waals surface area contributed by atoms with Crippen LogP contribution in [0.25, 0.3) is 0 Å². The van der Waals surface area contributed by atoms with Gasteiger partial charge in [0, 0.05) is 5.56 Å². The Bertz CT molecular complexity index is 971. The lowest BCUT2D eigenvalue weighted by Gasteiger charge is -2.09. The number of hydrogen-bond donors (Lipinski definition) is 1. The second kappa shape index (κ2) is 10.6. The minimum Gasteiger partial charge on any atom is -0.482 e. The zero-order valence-corrected chi connectivity index (χ0v) is 17.8. The maximum Gasteiger partial charge on any atom is 0.348 e. The second-order valence-corrected chi connectivity index (χ2v) is 7.05. The van der Waals surface area contributed by atoms with Crippen LogP contribution in [-0.4, -0.2) is 51.8 Å². The van der Waals surface area contributed by atoms with Crippen LogP contribution in [0.2, 0.25) is 5.02 Å². The fourth-order valence-corrected chi connectivity index (χ4v) is 3.71. The van der Waals surface area contributed by atoms with Crippen LogP contribution in [0.15, 0.2) is 24.3 Å². The molecule has 0 aliphatic carbocycles.